The number of hydrogen-bond donors (Lipinski definition) is 0. The molecule has 2 aromatic heterocycles. The van der Waals surface area contributed by atoms with Crippen LogP contribution in [0.1, 0.15) is 130 Å². The molecule has 0 saturated carbocycles. The molecule has 16 nitrogen and oxygen atoms in total. The fourth-order valence-electron chi connectivity index (χ4n) is 7.82. The first-order valence-electron chi connectivity index (χ1n) is 26.9. The Labute approximate surface area is 565 Å². The Hall–Kier alpha value is -5.63. The fraction of sp³-hybridized carbons (Fsp3) is 0.308. The molecule has 1 saturated heterocycles. The minimum atomic E-state index is -1.78. The van der Waals surface area contributed by atoms with Gasteiger partial charge in [-0.05, 0) is 105 Å². The number of hydrogen-bond acceptors (Lipinski definition) is 14. The number of aromatic nitrogens is 4. The van der Waals surface area contributed by atoms with E-state index in [1.807, 2.05) is 6.07 Å². The number of esters is 2. The summed E-state index contributed by atoms with van der Waals surface area (Å²) in [5, 5.41) is 22.9. The molecular formula is C65H77Cl3KN4O12P. The maximum atomic E-state index is 11.8. The van der Waals surface area contributed by atoms with Crippen molar-refractivity contribution < 1.29 is 121 Å². The van der Waals surface area contributed by atoms with Gasteiger partial charge >= 0.3 is 63.3 Å². The molecule has 5 aromatic carbocycles. The van der Waals surface area contributed by atoms with E-state index >= 15 is 0 Å². The largest absolute Gasteiger partial charge is 1.00 e. The van der Waals surface area contributed by atoms with Gasteiger partial charge in [-0.25, -0.2) is 19.0 Å². The molecule has 7 aromatic rings. The number of benzene rings is 5. The van der Waals surface area contributed by atoms with Crippen molar-refractivity contribution in [3.8, 4) is 0 Å². The summed E-state index contributed by atoms with van der Waals surface area (Å²) in [6, 6.07) is 46.1. The van der Waals surface area contributed by atoms with E-state index < -0.39 is 18.8 Å². The number of rotatable bonds is 19. The van der Waals surface area contributed by atoms with Crippen LogP contribution < -0.4 is 84.8 Å². The number of aldehydes is 1. The maximum absolute atomic E-state index is 11.8. The molecular weight excluding hydrogens is 1210 g/mol. The Kier molecular flexibility index (Phi) is 38.5. The van der Waals surface area contributed by atoms with Crippen LogP contribution in [0.25, 0.3) is 6.08 Å². The second kappa shape index (κ2) is 42.3. The predicted octanol–water partition coefficient (Wildman–Crippen LogP) is 5.67. The van der Waals surface area contributed by atoms with Crippen LogP contribution in [0.2, 0.25) is 10.3 Å². The number of halogens is 3. The molecule has 0 unspecified atom stereocenters. The van der Waals surface area contributed by atoms with Crippen LogP contribution >= 0.6 is 30.5 Å². The van der Waals surface area contributed by atoms with Crippen molar-refractivity contribution in [3.05, 3.63) is 214 Å². The Bertz CT molecular complexity index is 3080. The summed E-state index contributed by atoms with van der Waals surface area (Å²) < 4.78 is 32.7. The quantitative estimate of drug-likeness (QED) is 0.0240. The molecule has 21 heteroatoms. The second-order valence-corrected chi connectivity index (χ2v) is 23.2. The number of Topliss-reactive ketones (excluding diaryl/α,β-unsaturated/α-hetero) is 2. The summed E-state index contributed by atoms with van der Waals surface area (Å²) in [5.41, 5.74) is 2.54. The molecule has 3 heterocycles. The maximum Gasteiger partial charge on any atom is 1.00 e. The molecule has 86 heavy (non-hydrogen) atoms. The summed E-state index contributed by atoms with van der Waals surface area (Å²) in [6.45, 7) is 17.5. The van der Waals surface area contributed by atoms with E-state index in [1.54, 1.807) is 97.4 Å². The van der Waals surface area contributed by atoms with E-state index in [0.717, 1.165) is 24.3 Å². The normalized spacial score (nSPS) is 11.2. The Morgan fingerprint density at radius 1 is 0.651 bits per heavy atom. The number of carbonyl (C=O) groups excluding carboxylic acids is 5. The van der Waals surface area contributed by atoms with Gasteiger partial charge in [-0.2, -0.15) is 10.2 Å². The van der Waals surface area contributed by atoms with E-state index in [9.17, 15) is 29.1 Å². The van der Waals surface area contributed by atoms with Gasteiger partial charge in [0.1, 0.15) is 44.9 Å². The average molecular weight is 1280 g/mol. The van der Waals surface area contributed by atoms with Gasteiger partial charge in [0.15, 0.2) is 24.2 Å². The van der Waals surface area contributed by atoms with E-state index in [-0.39, 0.29) is 110 Å². The average Bonchev–Trinajstić information content (AvgIpc) is 1.36. The standard InChI is InChI=1S/C20H20OP.C18H19ClN2O4.C16H15ClN2O4.C4H8O.C4H9O.C3H6O.ClH.K/c1-21-17-22(18-11-5-2-6-12-18,19-13-7-3-8-14-19)20-15-9-4-10-16-20;1-4-25-18(23)14-7-5-6-13(10-14)11-21-17(19)15(8-9-24-3)16(20-21)12(2)22;1-3-23-16(22)12-6-4-5-11(7-12)8-19-15(17)13(9-20)14(18-19)10(2)21;1-2-4-5-3-1;1-4(2,3)5;1-3-4-2;;/h2-16H,17H2,1H3;5-10H,4,11H2,1-3H3;4-7,9H,3,8H2,1-2H3;1-4H2;1-3H3;3H,1H2,2H3;1H;/q+1;;;;-1;;;+1/p-1. The molecule has 456 valence electrons. The summed E-state index contributed by atoms with van der Waals surface area (Å²) >= 11 is 12.5. The summed E-state index contributed by atoms with van der Waals surface area (Å²) in [6.07, 6.45) is 8.18. The van der Waals surface area contributed by atoms with Gasteiger partial charge in [0.05, 0.1) is 69.7 Å². The molecule has 0 N–H and O–H groups in total. The van der Waals surface area contributed by atoms with Crippen molar-refractivity contribution in [1.82, 2.24) is 19.6 Å². The minimum Gasteiger partial charge on any atom is -1.00 e. The SMILES string of the molecule is C1CCOC1.C=COC.CC(C)(C)[O-].CCOC(=O)c1cccc(Cn2nc(C(C)=O)c(C=COC)c2Cl)c1.CCOC(=O)c1cccc(Cn2nc(C(C)=O)c(C=O)c2Cl)c1.COC[P+](c1ccccc1)(c1ccccc1)c1ccccc1.[Cl-].[K+]. The van der Waals surface area contributed by atoms with Crippen molar-refractivity contribution in [2.75, 3.05) is 54.1 Å². The minimum absolute atomic E-state index is 0. The summed E-state index contributed by atoms with van der Waals surface area (Å²) in [4.78, 5) is 58.0. The Morgan fingerprint density at radius 2 is 1.02 bits per heavy atom. The topological polar surface area (TPSA) is 199 Å². The zero-order chi connectivity index (χ0) is 62.1. The van der Waals surface area contributed by atoms with E-state index in [4.69, 9.17) is 46.9 Å². The Morgan fingerprint density at radius 3 is 1.31 bits per heavy atom. The molecule has 0 spiro atoms. The molecule has 1 aliphatic rings. The number of ether oxygens (including phenoxy) is 6. The van der Waals surface area contributed by atoms with Gasteiger partial charge in [0, 0.05) is 39.7 Å². The van der Waals surface area contributed by atoms with Crippen LogP contribution in [-0.4, -0.2) is 109 Å². The van der Waals surface area contributed by atoms with E-state index in [1.165, 1.54) is 71.6 Å². The molecule has 1 aliphatic heterocycles. The third kappa shape index (κ3) is 26.0. The van der Waals surface area contributed by atoms with E-state index in [0.29, 0.717) is 54.2 Å². The molecule has 0 radical (unpaired) electrons. The molecule has 1 fully saturated rings. The van der Waals surface area contributed by atoms with Gasteiger partial charge in [-0.1, -0.05) is 129 Å². The van der Waals surface area contributed by atoms with Gasteiger partial charge in [-0.15, -0.1) is 5.60 Å². The monoisotopic (exact) mass is 1280 g/mol. The van der Waals surface area contributed by atoms with Crippen LogP contribution in [0, 0.1) is 0 Å². The predicted molar refractivity (Wildman–Crippen MR) is 333 cm³/mol. The van der Waals surface area contributed by atoms with Crippen molar-refractivity contribution in [2.45, 2.75) is 80.0 Å². The number of methoxy groups -OCH3 is 3. The zero-order valence-corrected chi connectivity index (χ0v) is 57.2. The summed E-state index contributed by atoms with van der Waals surface area (Å²) in [7, 11) is 3.09. The van der Waals surface area contributed by atoms with Crippen molar-refractivity contribution in [2.24, 2.45) is 0 Å². The van der Waals surface area contributed by atoms with Crippen molar-refractivity contribution >= 4 is 82.2 Å². The third-order valence-corrected chi connectivity index (χ3v) is 16.4. The van der Waals surface area contributed by atoms with Crippen molar-refractivity contribution in [3.63, 3.8) is 0 Å². The van der Waals surface area contributed by atoms with Crippen molar-refractivity contribution in [1.29, 1.82) is 0 Å². The number of carbonyl (C=O) groups is 5. The molecule has 0 aliphatic carbocycles. The van der Waals surface area contributed by atoms with E-state index in [2.05, 4.69) is 113 Å². The van der Waals surface area contributed by atoms with Gasteiger partial charge in [0.25, 0.3) is 0 Å². The van der Waals surface area contributed by atoms with Crippen LogP contribution in [0.3, 0.4) is 0 Å². The zero-order valence-electron chi connectivity index (χ0n) is 50.9. The first kappa shape index (κ1) is 78.4. The van der Waals surface area contributed by atoms with Crippen LogP contribution in [0.15, 0.2) is 159 Å². The van der Waals surface area contributed by atoms with Gasteiger partial charge in [-0.3, -0.25) is 14.4 Å². The third-order valence-electron chi connectivity index (χ3n) is 11.5. The second-order valence-electron chi connectivity index (χ2n) is 19.1. The van der Waals surface area contributed by atoms with Crippen LogP contribution in [0.4, 0.5) is 0 Å². The first-order chi connectivity index (χ1) is 40.2. The Balaban J connectivity index is 0.000000572. The van der Waals surface area contributed by atoms with Gasteiger partial charge < -0.3 is 45.9 Å². The first-order valence-corrected chi connectivity index (χ1v) is 29.6. The number of nitrogens with zero attached hydrogens (tertiary/aromatic N) is 4. The molecule has 0 atom stereocenters. The fourth-order valence-corrected chi connectivity index (χ4v) is 12.1. The smallest absolute Gasteiger partial charge is 1.00 e. The van der Waals surface area contributed by atoms with Gasteiger partial charge in [0.2, 0.25) is 0 Å². The number of ketones is 2. The van der Waals surface area contributed by atoms with Crippen LogP contribution in [0.5, 0.6) is 0 Å². The van der Waals surface area contributed by atoms with Crippen LogP contribution in [-0.2, 0) is 41.5 Å². The molecule has 0 bridgehead atoms. The molecule has 8 rings (SSSR count). The molecule has 0 amide bonds. The summed E-state index contributed by atoms with van der Waals surface area (Å²) in [5.74, 6) is -1.34.